The van der Waals surface area contributed by atoms with E-state index in [2.05, 4.69) is 53.1 Å². The Balaban J connectivity index is 2.25. The zero-order valence-corrected chi connectivity index (χ0v) is 12.7. The first kappa shape index (κ1) is 14.4. The summed E-state index contributed by atoms with van der Waals surface area (Å²) in [7, 11) is 1.90. The number of aryl methyl sites for hydroxylation is 1. The predicted molar refractivity (Wildman–Crippen MR) is 78.3 cm³/mol. The highest BCUT2D eigenvalue weighted by atomic mass is 15.3. The van der Waals surface area contributed by atoms with E-state index in [-0.39, 0.29) is 6.04 Å². The van der Waals surface area contributed by atoms with E-state index in [4.69, 9.17) is 0 Å². The fourth-order valence-electron chi connectivity index (χ4n) is 2.04. The number of hydrogen-bond acceptors (Lipinski definition) is 5. The van der Waals surface area contributed by atoms with Gasteiger partial charge >= 0.3 is 0 Å². The van der Waals surface area contributed by atoms with Crippen LogP contribution in [0.15, 0.2) is 18.7 Å². The Morgan fingerprint density at radius 3 is 2.35 bits per heavy atom. The lowest BCUT2D eigenvalue weighted by atomic mass is 10.0. The molecule has 0 amide bonds. The minimum Gasteiger partial charge on any atom is -0.360 e. The SMILES string of the molecule is CC(C)c1cc(NC(c2ncnn2C)C(C)C)ncn1. The first-order valence-corrected chi connectivity index (χ1v) is 6.91. The summed E-state index contributed by atoms with van der Waals surface area (Å²) in [5.74, 6) is 2.48. The van der Waals surface area contributed by atoms with Crippen molar-refractivity contribution in [1.29, 1.82) is 0 Å². The van der Waals surface area contributed by atoms with Gasteiger partial charge in [-0.2, -0.15) is 5.10 Å². The van der Waals surface area contributed by atoms with Gasteiger partial charge in [0.05, 0.1) is 6.04 Å². The highest BCUT2D eigenvalue weighted by Gasteiger charge is 2.21. The van der Waals surface area contributed by atoms with Crippen molar-refractivity contribution in [3.05, 3.63) is 30.2 Å². The molecule has 2 aromatic heterocycles. The van der Waals surface area contributed by atoms with Gasteiger partial charge in [0.25, 0.3) is 0 Å². The monoisotopic (exact) mass is 274 g/mol. The van der Waals surface area contributed by atoms with Gasteiger partial charge in [0.1, 0.15) is 24.3 Å². The lowest BCUT2D eigenvalue weighted by molar-refractivity contribution is 0.496. The van der Waals surface area contributed by atoms with E-state index in [1.807, 2.05) is 13.1 Å². The quantitative estimate of drug-likeness (QED) is 0.907. The minimum atomic E-state index is 0.0670. The van der Waals surface area contributed by atoms with Gasteiger partial charge in [-0.15, -0.1) is 0 Å². The summed E-state index contributed by atoms with van der Waals surface area (Å²) in [6.45, 7) is 8.54. The first-order chi connectivity index (χ1) is 9.49. The Morgan fingerprint density at radius 2 is 1.80 bits per heavy atom. The third-order valence-corrected chi connectivity index (χ3v) is 3.27. The van der Waals surface area contributed by atoms with Crippen LogP contribution < -0.4 is 5.32 Å². The molecule has 0 saturated carbocycles. The van der Waals surface area contributed by atoms with Gasteiger partial charge in [-0.1, -0.05) is 27.7 Å². The predicted octanol–water partition coefficient (Wildman–Crippen LogP) is 2.54. The van der Waals surface area contributed by atoms with Crippen molar-refractivity contribution in [2.75, 3.05) is 5.32 Å². The van der Waals surface area contributed by atoms with Crippen LogP contribution in [0.1, 0.15) is 51.2 Å². The molecule has 6 nitrogen and oxygen atoms in total. The maximum Gasteiger partial charge on any atom is 0.149 e. The van der Waals surface area contributed by atoms with Crippen molar-refractivity contribution in [2.45, 2.75) is 39.7 Å². The van der Waals surface area contributed by atoms with E-state index < -0.39 is 0 Å². The van der Waals surface area contributed by atoms with E-state index in [0.717, 1.165) is 17.3 Å². The molecule has 0 spiro atoms. The molecule has 6 heteroatoms. The Hall–Kier alpha value is -1.98. The molecule has 1 unspecified atom stereocenters. The van der Waals surface area contributed by atoms with Crippen LogP contribution >= 0.6 is 0 Å². The maximum absolute atomic E-state index is 4.34. The van der Waals surface area contributed by atoms with Gasteiger partial charge in [-0.25, -0.2) is 15.0 Å². The summed E-state index contributed by atoms with van der Waals surface area (Å²) in [5, 5.41) is 7.58. The summed E-state index contributed by atoms with van der Waals surface area (Å²) in [5.41, 5.74) is 1.03. The van der Waals surface area contributed by atoms with Gasteiger partial charge < -0.3 is 5.32 Å². The number of rotatable bonds is 5. The molecule has 0 aliphatic heterocycles. The Kier molecular flexibility index (Phi) is 4.32. The molecule has 0 bridgehead atoms. The van der Waals surface area contributed by atoms with Gasteiger partial charge in [0.2, 0.25) is 0 Å². The molecule has 1 atom stereocenters. The summed E-state index contributed by atoms with van der Waals surface area (Å²) >= 11 is 0. The molecule has 20 heavy (non-hydrogen) atoms. The second-order valence-corrected chi connectivity index (χ2v) is 5.59. The number of anilines is 1. The van der Waals surface area contributed by atoms with Gasteiger partial charge in [0.15, 0.2) is 0 Å². The van der Waals surface area contributed by atoms with E-state index in [0.29, 0.717) is 11.8 Å². The Bertz CT molecular complexity index is 560. The van der Waals surface area contributed by atoms with Crippen LogP contribution in [0.4, 0.5) is 5.82 Å². The highest BCUT2D eigenvalue weighted by Crippen LogP contribution is 2.24. The summed E-state index contributed by atoms with van der Waals surface area (Å²) in [4.78, 5) is 12.9. The molecule has 0 aromatic carbocycles. The molecule has 0 saturated heterocycles. The van der Waals surface area contributed by atoms with Crippen LogP contribution in [0.25, 0.3) is 0 Å². The fraction of sp³-hybridized carbons (Fsp3) is 0.571. The Morgan fingerprint density at radius 1 is 1.05 bits per heavy atom. The number of nitrogens with zero attached hydrogens (tertiary/aromatic N) is 5. The minimum absolute atomic E-state index is 0.0670. The standard InChI is InChI=1S/C14H22N6/c1-9(2)11-6-12(16-7-15-11)19-13(10(3)4)14-17-8-18-20(14)5/h6-10,13H,1-5H3,(H,15,16,19). The topological polar surface area (TPSA) is 68.5 Å². The zero-order chi connectivity index (χ0) is 14.7. The average Bonchev–Trinajstić information content (AvgIpc) is 2.82. The van der Waals surface area contributed by atoms with Crippen molar-refractivity contribution in [2.24, 2.45) is 13.0 Å². The average molecular weight is 274 g/mol. The molecule has 0 aliphatic rings. The number of aromatic nitrogens is 5. The second-order valence-electron chi connectivity index (χ2n) is 5.59. The van der Waals surface area contributed by atoms with Crippen LogP contribution in [0.5, 0.6) is 0 Å². The van der Waals surface area contributed by atoms with Crippen LogP contribution in [-0.2, 0) is 7.05 Å². The van der Waals surface area contributed by atoms with Crippen molar-refractivity contribution in [3.8, 4) is 0 Å². The van der Waals surface area contributed by atoms with Crippen molar-refractivity contribution in [3.63, 3.8) is 0 Å². The number of nitrogens with one attached hydrogen (secondary N) is 1. The normalized spacial score (nSPS) is 12.9. The molecule has 0 aliphatic carbocycles. The lowest BCUT2D eigenvalue weighted by Crippen LogP contribution is -2.21. The van der Waals surface area contributed by atoms with E-state index in [1.54, 1.807) is 17.3 Å². The van der Waals surface area contributed by atoms with Gasteiger partial charge in [-0.3, -0.25) is 4.68 Å². The third-order valence-electron chi connectivity index (χ3n) is 3.27. The van der Waals surface area contributed by atoms with E-state index in [9.17, 15) is 0 Å². The van der Waals surface area contributed by atoms with Crippen LogP contribution in [0.2, 0.25) is 0 Å². The van der Waals surface area contributed by atoms with Crippen LogP contribution in [0, 0.1) is 5.92 Å². The molecular weight excluding hydrogens is 252 g/mol. The van der Waals surface area contributed by atoms with Gasteiger partial charge in [-0.05, 0) is 11.8 Å². The molecule has 2 rings (SSSR count). The smallest absolute Gasteiger partial charge is 0.149 e. The van der Waals surface area contributed by atoms with Gasteiger partial charge in [0, 0.05) is 18.8 Å². The largest absolute Gasteiger partial charge is 0.360 e. The molecule has 2 aromatic rings. The molecule has 108 valence electrons. The zero-order valence-electron chi connectivity index (χ0n) is 12.7. The molecule has 2 heterocycles. The molecule has 1 N–H and O–H groups in total. The summed E-state index contributed by atoms with van der Waals surface area (Å²) in [6, 6.07) is 2.06. The van der Waals surface area contributed by atoms with Crippen molar-refractivity contribution in [1.82, 2.24) is 24.7 Å². The first-order valence-electron chi connectivity index (χ1n) is 6.91. The lowest BCUT2D eigenvalue weighted by Gasteiger charge is -2.22. The fourth-order valence-corrected chi connectivity index (χ4v) is 2.04. The highest BCUT2D eigenvalue weighted by molar-refractivity contribution is 5.37. The maximum atomic E-state index is 4.34. The van der Waals surface area contributed by atoms with Crippen LogP contribution in [-0.4, -0.2) is 24.7 Å². The van der Waals surface area contributed by atoms with Crippen molar-refractivity contribution < 1.29 is 0 Å². The third kappa shape index (κ3) is 3.12. The number of hydrogen-bond donors (Lipinski definition) is 1. The summed E-state index contributed by atoms with van der Waals surface area (Å²) < 4.78 is 1.79. The van der Waals surface area contributed by atoms with Crippen LogP contribution in [0.3, 0.4) is 0 Å². The van der Waals surface area contributed by atoms with E-state index >= 15 is 0 Å². The molecule has 0 radical (unpaired) electrons. The molecule has 0 fully saturated rings. The second kappa shape index (κ2) is 5.98. The summed E-state index contributed by atoms with van der Waals surface area (Å²) in [6.07, 6.45) is 3.18. The van der Waals surface area contributed by atoms with Crippen molar-refractivity contribution >= 4 is 5.82 Å². The Labute approximate surface area is 119 Å². The molecular formula is C14H22N6. The van der Waals surface area contributed by atoms with E-state index in [1.165, 1.54) is 0 Å².